The zero-order valence-electron chi connectivity index (χ0n) is 8.62. The van der Waals surface area contributed by atoms with Crippen molar-refractivity contribution in [3.8, 4) is 0 Å². The molecule has 0 fully saturated rings. The summed E-state index contributed by atoms with van der Waals surface area (Å²) in [7, 11) is 0. The molecule has 74 valence electrons. The fourth-order valence-electron chi connectivity index (χ4n) is 1.63. The summed E-state index contributed by atoms with van der Waals surface area (Å²) in [6, 6.07) is 0. The topological polar surface area (TPSA) is 35.8 Å². The number of rotatable bonds is 2. The van der Waals surface area contributed by atoms with Crippen LogP contribution < -0.4 is 0 Å². The molecule has 1 rings (SSSR count). The molecule has 0 aromatic carbocycles. The maximum absolute atomic E-state index is 8.53. The third kappa shape index (κ3) is 2.56. The van der Waals surface area contributed by atoms with E-state index in [0.29, 0.717) is 0 Å². The molecule has 0 aromatic rings. The zero-order chi connectivity index (χ0) is 9.90. The first kappa shape index (κ1) is 10.3. The number of nitrogens with zero attached hydrogens (tertiary/aromatic N) is 2. The van der Waals surface area contributed by atoms with Gasteiger partial charge in [0.2, 0.25) is 0 Å². The Morgan fingerprint density at radius 1 is 1.62 bits per heavy atom. The molecule has 1 aliphatic heterocycles. The normalized spacial score (nSPS) is 20.7. The number of hydrogen-bond donors (Lipinski definition) is 1. The monoisotopic (exact) mass is 182 g/mol. The molecule has 0 unspecified atom stereocenters. The molecule has 0 aromatic heterocycles. The zero-order valence-corrected chi connectivity index (χ0v) is 8.62. The van der Waals surface area contributed by atoms with E-state index in [9.17, 15) is 0 Å². The molecule has 1 N–H and O–H groups in total. The molecular weight excluding hydrogens is 164 g/mol. The first-order valence-corrected chi connectivity index (χ1v) is 4.65. The Morgan fingerprint density at radius 2 is 2.31 bits per heavy atom. The molecule has 0 radical (unpaired) electrons. The van der Waals surface area contributed by atoms with E-state index in [1.807, 2.05) is 0 Å². The van der Waals surface area contributed by atoms with E-state index >= 15 is 0 Å². The molecule has 13 heavy (non-hydrogen) atoms. The van der Waals surface area contributed by atoms with E-state index in [4.69, 9.17) is 5.21 Å². The van der Waals surface area contributed by atoms with Gasteiger partial charge in [-0.2, -0.15) is 0 Å². The summed E-state index contributed by atoms with van der Waals surface area (Å²) in [4.78, 5) is 2.31. The highest BCUT2D eigenvalue weighted by Gasteiger charge is 2.26. The van der Waals surface area contributed by atoms with Crippen molar-refractivity contribution in [2.45, 2.75) is 32.7 Å². The minimum Gasteiger partial charge on any atom is -0.411 e. The van der Waals surface area contributed by atoms with Crippen LogP contribution in [0.1, 0.15) is 27.2 Å². The Bertz CT molecular complexity index is 231. The number of hydrogen-bond acceptors (Lipinski definition) is 3. The van der Waals surface area contributed by atoms with Gasteiger partial charge in [-0.05, 0) is 27.2 Å². The molecule has 0 aliphatic carbocycles. The minimum absolute atomic E-state index is 0.149. The largest absolute Gasteiger partial charge is 0.411 e. The Labute approximate surface area is 79.7 Å². The van der Waals surface area contributed by atoms with Gasteiger partial charge in [-0.1, -0.05) is 11.6 Å². The molecule has 0 saturated carbocycles. The van der Waals surface area contributed by atoms with Crippen LogP contribution in [-0.4, -0.2) is 35.0 Å². The van der Waals surface area contributed by atoms with Gasteiger partial charge >= 0.3 is 0 Å². The van der Waals surface area contributed by atoms with Crippen LogP contribution in [0.4, 0.5) is 0 Å². The third-order valence-electron chi connectivity index (χ3n) is 2.52. The van der Waals surface area contributed by atoms with Crippen LogP contribution in [0.5, 0.6) is 0 Å². The van der Waals surface area contributed by atoms with Crippen LogP contribution in [0.2, 0.25) is 0 Å². The molecule has 0 atom stereocenters. The van der Waals surface area contributed by atoms with Gasteiger partial charge in [-0.25, -0.2) is 0 Å². The van der Waals surface area contributed by atoms with Gasteiger partial charge in [0.25, 0.3) is 0 Å². The summed E-state index contributed by atoms with van der Waals surface area (Å²) in [5.74, 6) is 0. The average molecular weight is 182 g/mol. The highest BCUT2D eigenvalue weighted by atomic mass is 16.4. The van der Waals surface area contributed by atoms with E-state index in [1.54, 1.807) is 6.21 Å². The molecule has 1 heterocycles. The van der Waals surface area contributed by atoms with Gasteiger partial charge in [-0.3, -0.25) is 4.90 Å². The Morgan fingerprint density at radius 3 is 2.85 bits per heavy atom. The van der Waals surface area contributed by atoms with Crippen LogP contribution >= 0.6 is 0 Å². The average Bonchev–Trinajstić information content (AvgIpc) is 2.04. The third-order valence-corrected chi connectivity index (χ3v) is 2.52. The fourth-order valence-corrected chi connectivity index (χ4v) is 1.63. The van der Waals surface area contributed by atoms with Crippen LogP contribution in [0, 0.1) is 0 Å². The smallest absolute Gasteiger partial charge is 0.0633 e. The second kappa shape index (κ2) is 3.92. The first-order valence-electron chi connectivity index (χ1n) is 4.65. The lowest BCUT2D eigenvalue weighted by Crippen LogP contribution is -2.47. The van der Waals surface area contributed by atoms with Gasteiger partial charge in [0.15, 0.2) is 0 Å². The standard InChI is InChI=1S/C10H18N2O/c1-9-5-4-6-12(7-9)10(2,3)8-11-13/h5,8,13H,4,6-7H2,1-3H3/b11-8+. The van der Waals surface area contributed by atoms with Crippen molar-refractivity contribution in [1.29, 1.82) is 0 Å². The van der Waals surface area contributed by atoms with Gasteiger partial charge in [0, 0.05) is 13.1 Å². The highest BCUT2D eigenvalue weighted by molar-refractivity contribution is 5.68. The predicted molar refractivity (Wildman–Crippen MR) is 54.3 cm³/mol. The number of oxime groups is 1. The van der Waals surface area contributed by atoms with Crippen molar-refractivity contribution >= 4 is 6.21 Å². The van der Waals surface area contributed by atoms with E-state index in [-0.39, 0.29) is 5.54 Å². The predicted octanol–water partition coefficient (Wildman–Crippen LogP) is 1.88. The Hall–Kier alpha value is -0.830. The van der Waals surface area contributed by atoms with E-state index in [1.165, 1.54) is 5.57 Å². The highest BCUT2D eigenvalue weighted by Crippen LogP contribution is 2.18. The maximum atomic E-state index is 8.53. The van der Waals surface area contributed by atoms with Crippen LogP contribution in [0.15, 0.2) is 16.8 Å². The van der Waals surface area contributed by atoms with Crippen molar-refractivity contribution in [2.24, 2.45) is 5.16 Å². The van der Waals surface area contributed by atoms with Gasteiger partial charge in [0.05, 0.1) is 11.8 Å². The summed E-state index contributed by atoms with van der Waals surface area (Å²) in [6.07, 6.45) is 4.95. The van der Waals surface area contributed by atoms with Gasteiger partial charge < -0.3 is 5.21 Å². The summed E-state index contributed by atoms with van der Waals surface area (Å²) in [5, 5.41) is 11.6. The maximum Gasteiger partial charge on any atom is 0.0633 e. The van der Waals surface area contributed by atoms with Crippen LogP contribution in [0.3, 0.4) is 0 Å². The van der Waals surface area contributed by atoms with Gasteiger partial charge in [-0.15, -0.1) is 5.16 Å². The summed E-state index contributed by atoms with van der Waals surface area (Å²) < 4.78 is 0. The van der Waals surface area contributed by atoms with Crippen molar-refractivity contribution in [3.63, 3.8) is 0 Å². The Balaban J connectivity index is 2.67. The first-order chi connectivity index (χ1) is 6.06. The minimum atomic E-state index is -0.149. The lowest BCUT2D eigenvalue weighted by atomic mass is 10.0. The molecule has 3 heteroatoms. The molecule has 0 spiro atoms. The molecule has 0 saturated heterocycles. The quantitative estimate of drug-likeness (QED) is 0.306. The molecule has 0 amide bonds. The molecule has 1 aliphatic rings. The van der Waals surface area contributed by atoms with Crippen LogP contribution in [0.25, 0.3) is 0 Å². The molecular formula is C10H18N2O. The summed E-state index contributed by atoms with van der Waals surface area (Å²) in [6.45, 7) is 8.27. The Kier molecular flexibility index (Phi) is 3.09. The van der Waals surface area contributed by atoms with E-state index in [2.05, 4.69) is 36.9 Å². The molecule has 3 nitrogen and oxygen atoms in total. The lowest BCUT2D eigenvalue weighted by Gasteiger charge is -2.37. The fraction of sp³-hybridized carbons (Fsp3) is 0.700. The lowest BCUT2D eigenvalue weighted by molar-refractivity contribution is 0.188. The second-order valence-electron chi connectivity index (χ2n) is 4.16. The van der Waals surface area contributed by atoms with E-state index in [0.717, 1.165) is 19.5 Å². The van der Waals surface area contributed by atoms with Crippen molar-refractivity contribution < 1.29 is 5.21 Å². The van der Waals surface area contributed by atoms with Gasteiger partial charge in [0.1, 0.15) is 0 Å². The summed E-state index contributed by atoms with van der Waals surface area (Å²) >= 11 is 0. The van der Waals surface area contributed by atoms with Crippen molar-refractivity contribution in [2.75, 3.05) is 13.1 Å². The molecule has 0 bridgehead atoms. The SMILES string of the molecule is CC1=CCCN(C(C)(C)/C=N/O)C1. The van der Waals surface area contributed by atoms with Crippen molar-refractivity contribution in [3.05, 3.63) is 11.6 Å². The van der Waals surface area contributed by atoms with E-state index < -0.39 is 0 Å². The van der Waals surface area contributed by atoms with Crippen LogP contribution in [-0.2, 0) is 0 Å². The summed E-state index contributed by atoms with van der Waals surface area (Å²) in [5.41, 5.74) is 1.25. The second-order valence-corrected chi connectivity index (χ2v) is 4.16. The van der Waals surface area contributed by atoms with Crippen molar-refractivity contribution in [1.82, 2.24) is 4.90 Å².